The third-order valence-corrected chi connectivity index (χ3v) is 4.54. The molecule has 0 aliphatic carbocycles. The maximum absolute atomic E-state index is 12.6. The number of hydrogen-bond donors (Lipinski definition) is 0. The highest BCUT2D eigenvalue weighted by Crippen LogP contribution is 2.21. The van der Waals surface area contributed by atoms with Crippen LogP contribution in [-0.2, 0) is 9.47 Å². The Kier molecular flexibility index (Phi) is 5.41. The van der Waals surface area contributed by atoms with Crippen LogP contribution in [0.4, 0.5) is 0 Å². The summed E-state index contributed by atoms with van der Waals surface area (Å²) < 4.78 is 14.2. The van der Waals surface area contributed by atoms with Crippen molar-refractivity contribution < 1.29 is 19.1 Å². The Bertz CT molecular complexity index is 953. The number of methoxy groups -OCH3 is 1. The normalized spacial score (nSPS) is 12.3. The van der Waals surface area contributed by atoms with Crippen molar-refractivity contribution in [1.29, 1.82) is 0 Å². The SMILES string of the molecule is COC[C@H](C)n1c(C)cc(C(=O)COC(=O)c2cn3ccccc3n2)c1C. The molecule has 0 amide bonds. The Morgan fingerprint density at radius 2 is 2.04 bits per heavy atom. The van der Waals surface area contributed by atoms with Crippen LogP contribution >= 0.6 is 0 Å². The number of ether oxygens (including phenoxy) is 2. The maximum Gasteiger partial charge on any atom is 0.359 e. The molecule has 0 spiro atoms. The van der Waals surface area contributed by atoms with E-state index in [1.54, 1.807) is 30.0 Å². The number of carbonyl (C=O) groups excluding carboxylic acids is 2. The molecule has 0 fully saturated rings. The molecule has 3 heterocycles. The molecule has 0 saturated carbocycles. The van der Waals surface area contributed by atoms with Crippen LogP contribution in [0.15, 0.2) is 36.7 Å². The number of aryl methyl sites for hydroxylation is 1. The summed E-state index contributed by atoms with van der Waals surface area (Å²) in [5, 5.41) is 0. The molecule has 142 valence electrons. The molecule has 3 rings (SSSR count). The number of imidazole rings is 1. The number of hydrogen-bond acceptors (Lipinski definition) is 5. The maximum atomic E-state index is 12.6. The molecule has 0 aliphatic heterocycles. The van der Waals surface area contributed by atoms with Gasteiger partial charge < -0.3 is 18.4 Å². The average Bonchev–Trinajstić information content (AvgIpc) is 3.20. The lowest BCUT2D eigenvalue weighted by molar-refractivity contribution is 0.0469. The monoisotopic (exact) mass is 369 g/mol. The number of aromatic nitrogens is 3. The van der Waals surface area contributed by atoms with E-state index in [1.165, 1.54) is 0 Å². The molecular weight excluding hydrogens is 346 g/mol. The summed E-state index contributed by atoms with van der Waals surface area (Å²) in [6, 6.07) is 7.40. The van der Waals surface area contributed by atoms with Gasteiger partial charge in [-0.1, -0.05) is 6.07 Å². The second-order valence-electron chi connectivity index (χ2n) is 6.55. The molecule has 0 N–H and O–H groups in total. The molecule has 0 aromatic carbocycles. The standard InChI is InChI=1S/C20H23N3O4/c1-13-9-16(15(3)23(13)14(2)11-26-4)18(24)12-27-20(25)17-10-22-8-6-5-7-19(22)21-17/h5-10,14H,11-12H2,1-4H3/t14-/m0/s1. The van der Waals surface area contributed by atoms with Crippen LogP contribution in [0.1, 0.15) is 45.2 Å². The number of fused-ring (bicyclic) bond motifs is 1. The summed E-state index contributed by atoms with van der Waals surface area (Å²) in [6.45, 7) is 6.08. The van der Waals surface area contributed by atoms with E-state index >= 15 is 0 Å². The Hall–Kier alpha value is -2.93. The van der Waals surface area contributed by atoms with Gasteiger partial charge in [-0.15, -0.1) is 0 Å². The molecule has 0 bridgehead atoms. The third-order valence-electron chi connectivity index (χ3n) is 4.54. The number of carbonyl (C=O) groups is 2. The molecule has 1 atom stereocenters. The van der Waals surface area contributed by atoms with Gasteiger partial charge >= 0.3 is 5.97 Å². The van der Waals surface area contributed by atoms with Gasteiger partial charge in [-0.3, -0.25) is 4.79 Å². The van der Waals surface area contributed by atoms with Crippen molar-refractivity contribution >= 4 is 17.4 Å². The molecule has 3 aromatic heterocycles. The van der Waals surface area contributed by atoms with E-state index in [2.05, 4.69) is 9.55 Å². The number of ketones is 1. The topological polar surface area (TPSA) is 74.8 Å². The molecule has 0 saturated heterocycles. The van der Waals surface area contributed by atoms with Crippen LogP contribution in [0.2, 0.25) is 0 Å². The van der Waals surface area contributed by atoms with E-state index in [9.17, 15) is 9.59 Å². The smallest absolute Gasteiger partial charge is 0.359 e. The van der Waals surface area contributed by atoms with Crippen molar-refractivity contribution in [2.45, 2.75) is 26.8 Å². The quantitative estimate of drug-likeness (QED) is 0.473. The van der Waals surface area contributed by atoms with Crippen molar-refractivity contribution in [3.63, 3.8) is 0 Å². The summed E-state index contributed by atoms with van der Waals surface area (Å²) in [5.74, 6) is -0.857. The highest BCUT2D eigenvalue weighted by Gasteiger charge is 2.21. The summed E-state index contributed by atoms with van der Waals surface area (Å²) in [5.41, 5.74) is 3.18. The lowest BCUT2D eigenvalue weighted by Crippen LogP contribution is -2.17. The zero-order valence-corrected chi connectivity index (χ0v) is 15.9. The zero-order valence-electron chi connectivity index (χ0n) is 15.9. The van der Waals surface area contributed by atoms with Crippen LogP contribution in [-0.4, -0.2) is 46.0 Å². The molecule has 3 aromatic rings. The van der Waals surface area contributed by atoms with Crippen molar-refractivity contribution in [2.75, 3.05) is 20.3 Å². The number of rotatable bonds is 7. The predicted molar refractivity (Wildman–Crippen MR) is 100 cm³/mol. The van der Waals surface area contributed by atoms with Crippen LogP contribution in [0, 0.1) is 13.8 Å². The highest BCUT2D eigenvalue weighted by molar-refractivity contribution is 6.00. The van der Waals surface area contributed by atoms with Gasteiger partial charge in [0.2, 0.25) is 5.78 Å². The Morgan fingerprint density at radius 3 is 2.74 bits per heavy atom. The number of nitrogens with zero attached hydrogens (tertiary/aromatic N) is 3. The van der Waals surface area contributed by atoms with Crippen LogP contribution in [0.5, 0.6) is 0 Å². The molecule has 0 unspecified atom stereocenters. The van der Waals surface area contributed by atoms with Gasteiger partial charge in [0.15, 0.2) is 12.3 Å². The van der Waals surface area contributed by atoms with E-state index in [-0.39, 0.29) is 24.1 Å². The lowest BCUT2D eigenvalue weighted by Gasteiger charge is -2.17. The third kappa shape index (κ3) is 3.78. The lowest BCUT2D eigenvalue weighted by atomic mass is 10.1. The van der Waals surface area contributed by atoms with Gasteiger partial charge in [-0.05, 0) is 39.0 Å². The minimum Gasteiger partial charge on any atom is -0.453 e. The Balaban J connectivity index is 1.70. The summed E-state index contributed by atoms with van der Waals surface area (Å²) in [6.07, 6.45) is 3.38. The first-order chi connectivity index (χ1) is 12.9. The van der Waals surface area contributed by atoms with Crippen molar-refractivity contribution in [2.24, 2.45) is 0 Å². The first-order valence-corrected chi connectivity index (χ1v) is 8.73. The number of Topliss-reactive ketones (excluding diaryl/α,β-unsaturated/α-hetero) is 1. The van der Waals surface area contributed by atoms with Crippen molar-refractivity contribution in [1.82, 2.24) is 14.0 Å². The van der Waals surface area contributed by atoms with Gasteiger partial charge in [0.25, 0.3) is 0 Å². The number of pyridine rings is 1. The fourth-order valence-electron chi connectivity index (χ4n) is 3.37. The predicted octanol–water partition coefficient (Wildman–Crippen LogP) is 3.00. The van der Waals surface area contributed by atoms with E-state index in [0.717, 1.165) is 11.4 Å². The fraction of sp³-hybridized carbons (Fsp3) is 0.350. The minimum atomic E-state index is -0.617. The average molecular weight is 369 g/mol. The molecule has 27 heavy (non-hydrogen) atoms. The van der Waals surface area contributed by atoms with Crippen molar-refractivity contribution in [3.8, 4) is 0 Å². The van der Waals surface area contributed by atoms with Crippen LogP contribution < -0.4 is 0 Å². The van der Waals surface area contributed by atoms with E-state index in [1.807, 2.05) is 39.0 Å². The summed E-state index contributed by atoms with van der Waals surface area (Å²) >= 11 is 0. The van der Waals surface area contributed by atoms with Gasteiger partial charge in [-0.2, -0.15) is 0 Å². The van der Waals surface area contributed by atoms with Gasteiger partial charge in [0, 0.05) is 36.5 Å². The molecule has 0 radical (unpaired) electrons. The molecule has 7 heteroatoms. The van der Waals surface area contributed by atoms with Gasteiger partial charge in [-0.25, -0.2) is 9.78 Å². The van der Waals surface area contributed by atoms with Crippen LogP contribution in [0.25, 0.3) is 5.65 Å². The van der Waals surface area contributed by atoms with E-state index in [0.29, 0.717) is 17.8 Å². The van der Waals surface area contributed by atoms with E-state index in [4.69, 9.17) is 9.47 Å². The second kappa shape index (κ2) is 7.75. The molecule has 7 nitrogen and oxygen atoms in total. The van der Waals surface area contributed by atoms with Crippen LogP contribution in [0.3, 0.4) is 0 Å². The Labute approximate surface area is 157 Å². The zero-order chi connectivity index (χ0) is 19.6. The Morgan fingerprint density at radius 1 is 1.26 bits per heavy atom. The van der Waals surface area contributed by atoms with Gasteiger partial charge in [0.1, 0.15) is 5.65 Å². The number of esters is 1. The largest absolute Gasteiger partial charge is 0.453 e. The van der Waals surface area contributed by atoms with Crippen molar-refractivity contribution in [3.05, 3.63) is 59.3 Å². The molecule has 0 aliphatic rings. The first kappa shape index (κ1) is 18.8. The summed E-state index contributed by atoms with van der Waals surface area (Å²) in [4.78, 5) is 29.0. The minimum absolute atomic E-state index is 0.108. The second-order valence-corrected chi connectivity index (χ2v) is 6.55. The molecular formula is C20H23N3O4. The van der Waals surface area contributed by atoms with Gasteiger partial charge in [0.05, 0.1) is 12.6 Å². The van der Waals surface area contributed by atoms with E-state index < -0.39 is 5.97 Å². The summed E-state index contributed by atoms with van der Waals surface area (Å²) in [7, 11) is 1.65. The first-order valence-electron chi connectivity index (χ1n) is 8.73. The fourth-order valence-corrected chi connectivity index (χ4v) is 3.37. The highest BCUT2D eigenvalue weighted by atomic mass is 16.5.